The van der Waals surface area contributed by atoms with Crippen LogP contribution in [0.3, 0.4) is 0 Å². The fourth-order valence-electron chi connectivity index (χ4n) is 3.78. The van der Waals surface area contributed by atoms with Crippen LogP contribution in [0.4, 0.5) is 5.69 Å². The number of carbonyl (C=O) groups excluding carboxylic acids is 3. The number of nitrogens with one attached hydrogen (secondary N) is 2. The van der Waals surface area contributed by atoms with E-state index in [0.717, 1.165) is 5.56 Å². The number of carbonyl (C=O) groups is 3. The van der Waals surface area contributed by atoms with Crippen LogP contribution in [0.1, 0.15) is 38.3 Å². The number of aromatic nitrogens is 1. The minimum atomic E-state index is -0.501. The van der Waals surface area contributed by atoms with E-state index in [2.05, 4.69) is 10.3 Å². The van der Waals surface area contributed by atoms with Crippen LogP contribution in [0.5, 0.6) is 5.88 Å². The van der Waals surface area contributed by atoms with Crippen molar-refractivity contribution in [2.75, 3.05) is 13.7 Å². The zero-order valence-corrected chi connectivity index (χ0v) is 19.4. The molecule has 0 unspecified atom stereocenters. The van der Waals surface area contributed by atoms with E-state index >= 15 is 0 Å². The number of rotatable bonds is 8. The van der Waals surface area contributed by atoms with Crippen LogP contribution in [-0.4, -0.2) is 47.2 Å². The average molecular weight is 485 g/mol. The number of aromatic amines is 1. The summed E-state index contributed by atoms with van der Waals surface area (Å²) < 4.78 is 4.79. The zero-order chi connectivity index (χ0) is 25.7. The molecule has 2 amide bonds. The number of benzene rings is 3. The van der Waals surface area contributed by atoms with Crippen LogP contribution in [-0.2, 0) is 9.53 Å². The summed E-state index contributed by atoms with van der Waals surface area (Å²) in [7, 11) is 1.30. The van der Waals surface area contributed by atoms with Crippen LogP contribution in [0.25, 0.3) is 10.9 Å². The number of nitrogens with two attached hydrogens (primary N) is 1. The highest BCUT2D eigenvalue weighted by Crippen LogP contribution is 2.32. The first kappa shape index (κ1) is 24.2. The summed E-state index contributed by atoms with van der Waals surface area (Å²) in [5, 5.41) is 14.2. The SMILES string of the molecule is COC(=O)c1ccc2c(C(=Nc3cccc(C(=O)NCCC(N)=O)c3)c3ccccc3)c(O)[nH]c2c1. The molecule has 9 heteroatoms. The third-order valence-corrected chi connectivity index (χ3v) is 5.49. The van der Waals surface area contributed by atoms with E-state index in [1.54, 1.807) is 42.5 Å². The molecule has 0 aliphatic carbocycles. The Bertz CT molecular complexity index is 1470. The van der Waals surface area contributed by atoms with Crippen LogP contribution in [0.2, 0.25) is 0 Å². The Morgan fingerprint density at radius 2 is 1.72 bits per heavy atom. The predicted molar refractivity (Wildman–Crippen MR) is 136 cm³/mol. The van der Waals surface area contributed by atoms with Crippen molar-refractivity contribution < 1.29 is 24.2 Å². The van der Waals surface area contributed by atoms with E-state index in [0.29, 0.717) is 39.0 Å². The van der Waals surface area contributed by atoms with Gasteiger partial charge in [0.1, 0.15) is 0 Å². The van der Waals surface area contributed by atoms with Gasteiger partial charge in [-0.25, -0.2) is 9.79 Å². The number of hydrogen-bond donors (Lipinski definition) is 4. The molecule has 182 valence electrons. The van der Waals surface area contributed by atoms with Crippen molar-refractivity contribution in [2.24, 2.45) is 10.7 Å². The molecule has 4 aromatic rings. The predicted octanol–water partition coefficient (Wildman–Crippen LogP) is 3.43. The molecule has 4 rings (SSSR count). The molecule has 36 heavy (non-hydrogen) atoms. The summed E-state index contributed by atoms with van der Waals surface area (Å²) in [6.45, 7) is 0.133. The standard InChI is InChI=1S/C27H24N4O5/c1-36-27(35)18-10-11-20-21(15-18)31-26(34)23(20)24(16-6-3-2-4-7-16)30-19-9-5-8-17(14-19)25(33)29-13-12-22(28)32/h2-11,14-15,31,34H,12-13H2,1H3,(H2,28,32)(H,29,33). The van der Waals surface area contributed by atoms with E-state index in [1.807, 2.05) is 30.3 Å². The second-order valence-corrected chi connectivity index (χ2v) is 7.95. The lowest BCUT2D eigenvalue weighted by Crippen LogP contribution is -2.27. The van der Waals surface area contributed by atoms with E-state index in [-0.39, 0.29) is 24.8 Å². The topological polar surface area (TPSA) is 147 Å². The molecule has 0 aliphatic heterocycles. The number of fused-ring (bicyclic) bond motifs is 1. The highest BCUT2D eigenvalue weighted by Gasteiger charge is 2.20. The number of nitrogens with zero attached hydrogens (tertiary/aromatic N) is 1. The van der Waals surface area contributed by atoms with Gasteiger partial charge in [-0.1, -0.05) is 42.5 Å². The van der Waals surface area contributed by atoms with Gasteiger partial charge in [0.05, 0.1) is 29.6 Å². The normalized spacial score (nSPS) is 11.3. The Morgan fingerprint density at radius 3 is 2.44 bits per heavy atom. The first-order valence-corrected chi connectivity index (χ1v) is 11.1. The van der Waals surface area contributed by atoms with Crippen LogP contribution < -0.4 is 11.1 Å². The van der Waals surface area contributed by atoms with Crippen molar-refractivity contribution in [3.8, 4) is 5.88 Å². The van der Waals surface area contributed by atoms with Crippen molar-refractivity contribution in [3.05, 3.63) is 95.1 Å². The number of aromatic hydroxyl groups is 1. The van der Waals surface area contributed by atoms with Crippen molar-refractivity contribution >= 4 is 40.1 Å². The fourth-order valence-corrected chi connectivity index (χ4v) is 3.78. The number of H-pyrrole nitrogens is 1. The number of ether oxygens (including phenoxy) is 1. The maximum absolute atomic E-state index is 12.5. The Labute approximate surface area is 206 Å². The smallest absolute Gasteiger partial charge is 0.337 e. The van der Waals surface area contributed by atoms with Crippen molar-refractivity contribution in [1.29, 1.82) is 0 Å². The second kappa shape index (κ2) is 10.6. The summed E-state index contributed by atoms with van der Waals surface area (Å²) >= 11 is 0. The molecule has 0 fully saturated rings. The molecule has 9 nitrogen and oxygen atoms in total. The van der Waals surface area contributed by atoms with E-state index in [9.17, 15) is 19.5 Å². The summed E-state index contributed by atoms with van der Waals surface area (Å²) in [6, 6.07) is 20.9. The van der Waals surface area contributed by atoms with Gasteiger partial charge < -0.3 is 25.9 Å². The van der Waals surface area contributed by atoms with E-state index in [1.165, 1.54) is 7.11 Å². The van der Waals surface area contributed by atoms with E-state index < -0.39 is 11.9 Å². The van der Waals surface area contributed by atoms with Gasteiger partial charge in [0.2, 0.25) is 5.91 Å². The third-order valence-electron chi connectivity index (χ3n) is 5.49. The molecule has 3 aromatic carbocycles. The summed E-state index contributed by atoms with van der Waals surface area (Å²) in [5.74, 6) is -1.47. The molecule has 1 aromatic heterocycles. The molecule has 0 saturated heterocycles. The zero-order valence-electron chi connectivity index (χ0n) is 19.4. The molecular formula is C27H24N4O5. The quantitative estimate of drug-likeness (QED) is 0.223. The van der Waals surface area contributed by atoms with Crippen molar-refractivity contribution in [3.63, 3.8) is 0 Å². The van der Waals surface area contributed by atoms with Crippen LogP contribution in [0, 0.1) is 0 Å². The van der Waals surface area contributed by atoms with E-state index in [4.69, 9.17) is 15.5 Å². The minimum absolute atomic E-state index is 0.0409. The average Bonchev–Trinajstić information content (AvgIpc) is 3.21. The van der Waals surface area contributed by atoms with Gasteiger partial charge in [0.15, 0.2) is 5.88 Å². The molecule has 1 heterocycles. The first-order chi connectivity index (χ1) is 17.4. The Morgan fingerprint density at radius 1 is 0.972 bits per heavy atom. The molecule has 5 N–H and O–H groups in total. The summed E-state index contributed by atoms with van der Waals surface area (Å²) in [5.41, 5.74) is 8.50. The number of methoxy groups -OCH3 is 1. The van der Waals surface area contributed by atoms with Gasteiger partial charge in [0, 0.05) is 35.0 Å². The monoisotopic (exact) mass is 484 g/mol. The van der Waals surface area contributed by atoms with Gasteiger partial charge in [-0.15, -0.1) is 0 Å². The van der Waals surface area contributed by atoms with Gasteiger partial charge in [0.25, 0.3) is 5.91 Å². The number of hydrogen-bond acceptors (Lipinski definition) is 6. The lowest BCUT2D eigenvalue weighted by atomic mass is 10.00. The van der Waals surface area contributed by atoms with Crippen LogP contribution in [0.15, 0.2) is 77.8 Å². The molecular weight excluding hydrogens is 460 g/mol. The van der Waals surface area contributed by atoms with Gasteiger partial charge in [-0.3, -0.25) is 9.59 Å². The second-order valence-electron chi connectivity index (χ2n) is 7.95. The highest BCUT2D eigenvalue weighted by molar-refractivity contribution is 6.22. The molecule has 0 radical (unpaired) electrons. The van der Waals surface area contributed by atoms with Crippen molar-refractivity contribution in [1.82, 2.24) is 10.3 Å². The number of primary amides is 1. The van der Waals surface area contributed by atoms with Crippen molar-refractivity contribution in [2.45, 2.75) is 6.42 Å². The summed E-state index contributed by atoms with van der Waals surface area (Å²) in [4.78, 5) is 43.1. The maximum Gasteiger partial charge on any atom is 0.337 e. The number of aliphatic imine (C=N–C) groups is 1. The van der Waals surface area contributed by atoms with Gasteiger partial charge >= 0.3 is 5.97 Å². The third kappa shape index (κ3) is 5.25. The molecule has 0 saturated carbocycles. The van der Waals surface area contributed by atoms with Crippen LogP contribution >= 0.6 is 0 Å². The van der Waals surface area contributed by atoms with Gasteiger partial charge in [-0.05, 0) is 30.3 Å². The fraction of sp³-hybridized carbons (Fsp3) is 0.111. The summed E-state index contributed by atoms with van der Waals surface area (Å²) in [6.07, 6.45) is 0.0409. The van der Waals surface area contributed by atoms with Gasteiger partial charge in [-0.2, -0.15) is 0 Å². The molecule has 0 bridgehead atoms. The largest absolute Gasteiger partial charge is 0.494 e. The molecule has 0 aliphatic rings. The first-order valence-electron chi connectivity index (χ1n) is 11.1. The Hall–Kier alpha value is -4.92. The lowest BCUT2D eigenvalue weighted by Gasteiger charge is -2.09. The number of esters is 1. The highest BCUT2D eigenvalue weighted by atomic mass is 16.5. The number of amides is 2. The minimum Gasteiger partial charge on any atom is -0.494 e. The lowest BCUT2D eigenvalue weighted by molar-refractivity contribution is -0.117. The Kier molecular flexibility index (Phi) is 7.10. The molecule has 0 spiro atoms. The molecule has 0 atom stereocenters. The Balaban J connectivity index is 1.79. The maximum atomic E-state index is 12.5.